The molecule has 2 aromatic rings. The summed E-state index contributed by atoms with van der Waals surface area (Å²) in [5.41, 5.74) is 2.98. The molecule has 0 aromatic carbocycles. The van der Waals surface area contributed by atoms with Crippen molar-refractivity contribution >= 4 is 22.4 Å². The van der Waals surface area contributed by atoms with Crippen molar-refractivity contribution in [1.82, 2.24) is 14.8 Å². The Morgan fingerprint density at radius 3 is 3.00 bits per heavy atom. The predicted octanol–water partition coefficient (Wildman–Crippen LogP) is 1.51. The van der Waals surface area contributed by atoms with Crippen LogP contribution in [0, 0.1) is 6.92 Å². The molecular formula is C12H16N4O2S. The summed E-state index contributed by atoms with van der Waals surface area (Å²) in [6, 6.07) is 0. The lowest BCUT2D eigenvalue weighted by Gasteiger charge is -2.02. The van der Waals surface area contributed by atoms with Crippen LogP contribution in [0.4, 0.5) is 5.13 Å². The van der Waals surface area contributed by atoms with Crippen LogP contribution in [0.1, 0.15) is 17.0 Å². The maximum absolute atomic E-state index is 11.1. The first-order valence-corrected chi connectivity index (χ1v) is 6.70. The van der Waals surface area contributed by atoms with Crippen LogP contribution in [-0.4, -0.2) is 27.8 Å². The number of anilines is 1. The molecule has 0 aliphatic rings. The number of carbonyl (C=O) groups excluding carboxylic acids is 1. The van der Waals surface area contributed by atoms with Crippen molar-refractivity contribution in [3.63, 3.8) is 0 Å². The number of thiazole rings is 1. The second-order valence-corrected chi connectivity index (χ2v) is 4.99. The lowest BCUT2D eigenvalue weighted by atomic mass is 10.2. The maximum atomic E-state index is 11.1. The average Bonchev–Trinajstić information content (AvgIpc) is 2.96. The molecule has 2 heterocycles. The summed E-state index contributed by atoms with van der Waals surface area (Å²) in [5.74, 6) is -0.278. The Labute approximate surface area is 115 Å². The summed E-state index contributed by atoms with van der Waals surface area (Å²) >= 11 is 1.48. The smallest absolute Gasteiger partial charge is 0.311 e. The molecule has 0 radical (unpaired) electrons. The molecule has 0 saturated carbocycles. The Morgan fingerprint density at radius 2 is 2.37 bits per heavy atom. The molecular weight excluding hydrogens is 264 g/mol. The lowest BCUT2D eigenvalue weighted by Crippen LogP contribution is -2.05. The van der Waals surface area contributed by atoms with Crippen molar-refractivity contribution in [3.8, 4) is 0 Å². The van der Waals surface area contributed by atoms with Crippen LogP contribution >= 0.6 is 11.3 Å². The molecule has 2 rings (SSSR count). The van der Waals surface area contributed by atoms with Gasteiger partial charge in [-0.1, -0.05) is 0 Å². The first-order valence-electron chi connectivity index (χ1n) is 5.82. The van der Waals surface area contributed by atoms with Crippen molar-refractivity contribution in [1.29, 1.82) is 0 Å². The SMILES string of the molecule is COC(=O)Cc1csc(NCc2cnn(C)c2C)n1. The highest BCUT2D eigenvalue weighted by Crippen LogP contribution is 2.17. The fourth-order valence-corrected chi connectivity index (χ4v) is 2.29. The van der Waals surface area contributed by atoms with Crippen LogP contribution < -0.4 is 5.32 Å². The van der Waals surface area contributed by atoms with Crippen LogP contribution in [0.3, 0.4) is 0 Å². The Bertz CT molecular complexity index is 576. The standard InChI is InChI=1S/C12H16N4O2S/c1-8-9(6-14-16(8)2)5-13-12-15-10(7-19-12)4-11(17)18-3/h6-7H,4-5H2,1-3H3,(H,13,15). The first-order chi connectivity index (χ1) is 9.10. The van der Waals surface area contributed by atoms with Gasteiger partial charge >= 0.3 is 5.97 Å². The van der Waals surface area contributed by atoms with Crippen LogP contribution in [0.5, 0.6) is 0 Å². The third kappa shape index (κ3) is 3.31. The summed E-state index contributed by atoms with van der Waals surface area (Å²) in [4.78, 5) is 15.5. The molecule has 0 fully saturated rings. The summed E-state index contributed by atoms with van der Waals surface area (Å²) in [6.45, 7) is 2.69. The zero-order valence-corrected chi connectivity index (χ0v) is 12.0. The van der Waals surface area contributed by atoms with Crippen molar-refractivity contribution in [3.05, 3.63) is 28.5 Å². The number of esters is 1. The van der Waals surface area contributed by atoms with E-state index in [1.165, 1.54) is 18.4 Å². The molecule has 0 saturated heterocycles. The molecule has 0 bridgehead atoms. The molecule has 19 heavy (non-hydrogen) atoms. The third-order valence-electron chi connectivity index (χ3n) is 2.87. The quantitative estimate of drug-likeness (QED) is 0.841. The molecule has 0 unspecified atom stereocenters. The van der Waals surface area contributed by atoms with Crippen molar-refractivity contribution in [2.24, 2.45) is 7.05 Å². The van der Waals surface area contributed by atoms with E-state index in [2.05, 4.69) is 20.1 Å². The Kier molecular flexibility index (Phi) is 4.16. The Balaban J connectivity index is 1.93. The van der Waals surface area contributed by atoms with Gasteiger partial charge in [-0.3, -0.25) is 9.48 Å². The maximum Gasteiger partial charge on any atom is 0.311 e. The normalized spacial score (nSPS) is 10.5. The second kappa shape index (κ2) is 5.83. The molecule has 0 atom stereocenters. The van der Waals surface area contributed by atoms with Crippen molar-refractivity contribution < 1.29 is 9.53 Å². The number of nitrogens with one attached hydrogen (secondary N) is 1. The first kappa shape index (κ1) is 13.5. The monoisotopic (exact) mass is 280 g/mol. The van der Waals surface area contributed by atoms with Crippen LogP contribution in [0.2, 0.25) is 0 Å². The molecule has 102 valence electrons. The number of aromatic nitrogens is 3. The molecule has 6 nitrogen and oxygen atoms in total. The van der Waals surface area contributed by atoms with Gasteiger partial charge in [0.25, 0.3) is 0 Å². The van der Waals surface area contributed by atoms with E-state index < -0.39 is 0 Å². The number of methoxy groups -OCH3 is 1. The average molecular weight is 280 g/mol. The fourth-order valence-electron chi connectivity index (χ4n) is 1.58. The van der Waals surface area contributed by atoms with E-state index >= 15 is 0 Å². The van der Waals surface area contributed by atoms with E-state index in [4.69, 9.17) is 0 Å². The molecule has 1 N–H and O–H groups in total. The van der Waals surface area contributed by atoms with E-state index in [-0.39, 0.29) is 12.4 Å². The molecule has 0 aliphatic carbocycles. The van der Waals surface area contributed by atoms with Crippen LogP contribution in [0.15, 0.2) is 11.6 Å². The highest BCUT2D eigenvalue weighted by molar-refractivity contribution is 7.13. The van der Waals surface area contributed by atoms with Gasteiger partial charge in [0, 0.05) is 30.2 Å². The number of ether oxygens (including phenoxy) is 1. The van der Waals surface area contributed by atoms with E-state index in [1.54, 1.807) is 0 Å². The highest BCUT2D eigenvalue weighted by atomic mass is 32.1. The van der Waals surface area contributed by atoms with Gasteiger partial charge in [-0.25, -0.2) is 4.98 Å². The van der Waals surface area contributed by atoms with Gasteiger partial charge in [-0.15, -0.1) is 11.3 Å². The Morgan fingerprint density at radius 1 is 1.58 bits per heavy atom. The van der Waals surface area contributed by atoms with E-state index in [0.717, 1.165) is 22.1 Å². The molecule has 2 aromatic heterocycles. The topological polar surface area (TPSA) is 69.0 Å². The minimum Gasteiger partial charge on any atom is -0.469 e. The summed E-state index contributed by atoms with van der Waals surface area (Å²) in [7, 11) is 3.29. The van der Waals surface area contributed by atoms with Gasteiger partial charge in [0.2, 0.25) is 0 Å². The van der Waals surface area contributed by atoms with Gasteiger partial charge in [0.1, 0.15) is 0 Å². The summed E-state index contributed by atoms with van der Waals surface area (Å²) in [5, 5.41) is 10.1. The minimum absolute atomic E-state index is 0.209. The fraction of sp³-hybridized carbons (Fsp3) is 0.417. The number of carbonyl (C=O) groups is 1. The summed E-state index contributed by atoms with van der Waals surface area (Å²) < 4.78 is 6.44. The zero-order valence-electron chi connectivity index (χ0n) is 11.1. The van der Waals surface area contributed by atoms with Gasteiger partial charge in [-0.2, -0.15) is 5.10 Å². The number of hydrogen-bond acceptors (Lipinski definition) is 6. The largest absolute Gasteiger partial charge is 0.469 e. The number of hydrogen-bond donors (Lipinski definition) is 1. The lowest BCUT2D eigenvalue weighted by molar-refractivity contribution is -0.139. The van der Waals surface area contributed by atoms with E-state index in [0.29, 0.717) is 6.54 Å². The van der Waals surface area contributed by atoms with Gasteiger partial charge in [0.15, 0.2) is 5.13 Å². The number of nitrogens with zero attached hydrogens (tertiary/aromatic N) is 3. The second-order valence-electron chi connectivity index (χ2n) is 4.13. The van der Waals surface area contributed by atoms with Crippen LogP contribution in [-0.2, 0) is 29.5 Å². The van der Waals surface area contributed by atoms with E-state index in [9.17, 15) is 4.79 Å². The highest BCUT2D eigenvalue weighted by Gasteiger charge is 2.08. The van der Waals surface area contributed by atoms with Gasteiger partial charge < -0.3 is 10.1 Å². The van der Waals surface area contributed by atoms with E-state index in [1.807, 2.05) is 30.2 Å². The Hall–Kier alpha value is -1.89. The number of rotatable bonds is 5. The van der Waals surface area contributed by atoms with Gasteiger partial charge in [-0.05, 0) is 6.92 Å². The third-order valence-corrected chi connectivity index (χ3v) is 3.72. The zero-order chi connectivity index (χ0) is 13.8. The van der Waals surface area contributed by atoms with Gasteiger partial charge in [0.05, 0.1) is 25.4 Å². The summed E-state index contributed by atoms with van der Waals surface area (Å²) in [6.07, 6.45) is 2.05. The predicted molar refractivity (Wildman–Crippen MR) is 73.1 cm³/mol. The molecule has 7 heteroatoms. The minimum atomic E-state index is -0.278. The van der Waals surface area contributed by atoms with Crippen molar-refractivity contribution in [2.45, 2.75) is 19.9 Å². The molecule has 0 aliphatic heterocycles. The van der Waals surface area contributed by atoms with Crippen molar-refractivity contribution in [2.75, 3.05) is 12.4 Å². The molecule has 0 amide bonds. The number of aryl methyl sites for hydroxylation is 1. The molecule has 0 spiro atoms. The van der Waals surface area contributed by atoms with Crippen LogP contribution in [0.25, 0.3) is 0 Å².